The summed E-state index contributed by atoms with van der Waals surface area (Å²) in [7, 11) is 0. The van der Waals surface area contributed by atoms with E-state index in [0.29, 0.717) is 12.6 Å². The van der Waals surface area contributed by atoms with E-state index >= 15 is 0 Å². The van der Waals surface area contributed by atoms with Gasteiger partial charge in [0.15, 0.2) is 5.96 Å². The van der Waals surface area contributed by atoms with Crippen molar-refractivity contribution in [3.8, 4) is 5.75 Å². The van der Waals surface area contributed by atoms with Crippen LogP contribution < -0.4 is 15.4 Å². The van der Waals surface area contributed by atoms with Crippen molar-refractivity contribution in [2.75, 3.05) is 26.2 Å². The zero-order chi connectivity index (χ0) is 17.5. The molecule has 1 saturated carbocycles. The Morgan fingerprint density at radius 2 is 1.92 bits per heavy atom. The molecule has 3 rings (SSSR count). The number of nitrogens with zero attached hydrogens (tertiary/aromatic N) is 2. The third-order valence-corrected chi connectivity index (χ3v) is 4.86. The van der Waals surface area contributed by atoms with Gasteiger partial charge in [0.2, 0.25) is 0 Å². The first kappa shape index (κ1) is 18.1. The lowest BCUT2D eigenvalue weighted by molar-refractivity contribution is 0.197. The average Bonchev–Trinajstić information content (AvgIpc) is 3.47. The van der Waals surface area contributed by atoms with Crippen molar-refractivity contribution in [1.82, 2.24) is 15.5 Å². The molecule has 0 amide bonds. The number of likely N-dealkylation sites (tertiary alicyclic amines) is 1. The molecule has 1 aliphatic carbocycles. The minimum Gasteiger partial charge on any atom is -0.489 e. The second-order valence-corrected chi connectivity index (χ2v) is 7.15. The molecule has 2 aliphatic rings. The molecule has 0 aromatic heterocycles. The van der Waals surface area contributed by atoms with Crippen molar-refractivity contribution in [2.45, 2.75) is 57.7 Å². The second kappa shape index (κ2) is 9.09. The van der Waals surface area contributed by atoms with Crippen LogP contribution in [-0.4, -0.2) is 55.2 Å². The van der Waals surface area contributed by atoms with Crippen LogP contribution in [-0.2, 0) is 0 Å². The lowest BCUT2D eigenvalue weighted by Gasteiger charge is -2.33. The Balaban J connectivity index is 1.45. The van der Waals surface area contributed by atoms with E-state index in [2.05, 4.69) is 29.4 Å². The Bertz CT molecular complexity index is 536. The van der Waals surface area contributed by atoms with Crippen molar-refractivity contribution in [1.29, 1.82) is 0 Å². The third kappa shape index (κ3) is 5.92. The fourth-order valence-corrected chi connectivity index (χ4v) is 3.35. The van der Waals surface area contributed by atoms with Gasteiger partial charge in [0.05, 0.1) is 6.54 Å². The highest BCUT2D eigenvalue weighted by Gasteiger charge is 2.31. The van der Waals surface area contributed by atoms with Crippen LogP contribution in [0.25, 0.3) is 0 Å². The van der Waals surface area contributed by atoms with Crippen LogP contribution in [0.3, 0.4) is 0 Å². The van der Waals surface area contributed by atoms with Gasteiger partial charge in [0.1, 0.15) is 11.9 Å². The highest BCUT2D eigenvalue weighted by Crippen LogP contribution is 2.29. The van der Waals surface area contributed by atoms with E-state index in [9.17, 15) is 0 Å². The summed E-state index contributed by atoms with van der Waals surface area (Å²) >= 11 is 0. The molecule has 0 bridgehead atoms. The van der Waals surface area contributed by atoms with Gasteiger partial charge in [0, 0.05) is 31.7 Å². The molecule has 2 N–H and O–H groups in total. The number of guanidine groups is 1. The maximum absolute atomic E-state index is 5.91. The predicted molar refractivity (Wildman–Crippen MR) is 103 cm³/mol. The number of hydrogen-bond acceptors (Lipinski definition) is 3. The van der Waals surface area contributed by atoms with Crippen LogP contribution in [0.15, 0.2) is 35.3 Å². The van der Waals surface area contributed by atoms with Crippen LogP contribution in [0.4, 0.5) is 0 Å². The second-order valence-electron chi connectivity index (χ2n) is 7.15. The Morgan fingerprint density at radius 1 is 1.20 bits per heavy atom. The molecular weight excluding hydrogens is 312 g/mol. The zero-order valence-electron chi connectivity index (χ0n) is 15.6. The lowest BCUT2D eigenvalue weighted by atomic mass is 10.1. The first-order valence-electron chi connectivity index (χ1n) is 9.75. The third-order valence-electron chi connectivity index (χ3n) is 4.86. The van der Waals surface area contributed by atoms with E-state index in [1.807, 2.05) is 30.3 Å². The van der Waals surface area contributed by atoms with Gasteiger partial charge in [-0.05, 0) is 51.7 Å². The summed E-state index contributed by atoms with van der Waals surface area (Å²) in [5.41, 5.74) is 0. The van der Waals surface area contributed by atoms with Gasteiger partial charge in [0.25, 0.3) is 0 Å². The smallest absolute Gasteiger partial charge is 0.191 e. The van der Waals surface area contributed by atoms with Gasteiger partial charge in [-0.2, -0.15) is 0 Å². The molecule has 2 fully saturated rings. The summed E-state index contributed by atoms with van der Waals surface area (Å²) in [6.45, 7) is 8.13. The number of piperidine rings is 1. The van der Waals surface area contributed by atoms with Crippen LogP contribution in [0.1, 0.15) is 39.5 Å². The zero-order valence-corrected chi connectivity index (χ0v) is 15.6. The number of hydrogen-bond donors (Lipinski definition) is 2. The van der Waals surface area contributed by atoms with Gasteiger partial charge < -0.3 is 20.3 Å². The van der Waals surface area contributed by atoms with Crippen molar-refractivity contribution in [3.05, 3.63) is 30.3 Å². The summed E-state index contributed by atoms with van der Waals surface area (Å²) in [5, 5.41) is 6.98. The Kier molecular flexibility index (Phi) is 6.56. The highest BCUT2D eigenvalue weighted by molar-refractivity contribution is 5.80. The van der Waals surface area contributed by atoms with E-state index in [-0.39, 0.29) is 6.10 Å². The first-order chi connectivity index (χ1) is 12.2. The summed E-state index contributed by atoms with van der Waals surface area (Å²) in [4.78, 5) is 7.38. The molecule has 1 unspecified atom stereocenters. The maximum atomic E-state index is 5.91. The predicted octanol–water partition coefficient (Wildman–Crippen LogP) is 2.64. The van der Waals surface area contributed by atoms with Crippen molar-refractivity contribution >= 4 is 5.96 Å². The van der Waals surface area contributed by atoms with Crippen LogP contribution in [0.5, 0.6) is 5.75 Å². The quantitative estimate of drug-likeness (QED) is 0.590. The number of aliphatic imine (C=N–C) groups is 1. The van der Waals surface area contributed by atoms with Crippen molar-refractivity contribution in [3.63, 3.8) is 0 Å². The molecule has 1 aliphatic heterocycles. The fourth-order valence-electron chi connectivity index (χ4n) is 3.35. The Morgan fingerprint density at radius 3 is 2.56 bits per heavy atom. The van der Waals surface area contributed by atoms with Gasteiger partial charge in [-0.15, -0.1) is 0 Å². The van der Waals surface area contributed by atoms with Gasteiger partial charge in [-0.3, -0.25) is 0 Å². The topological polar surface area (TPSA) is 48.9 Å². The Hall–Kier alpha value is -1.75. The molecule has 5 heteroatoms. The highest BCUT2D eigenvalue weighted by atomic mass is 16.5. The Labute approximate surface area is 151 Å². The molecule has 5 nitrogen and oxygen atoms in total. The molecule has 1 aromatic rings. The molecule has 0 spiro atoms. The average molecular weight is 345 g/mol. The van der Waals surface area contributed by atoms with Crippen molar-refractivity contribution in [2.24, 2.45) is 4.99 Å². The maximum Gasteiger partial charge on any atom is 0.191 e. The number of ether oxygens (including phenoxy) is 1. The normalized spacial score (nSPS) is 21.0. The number of rotatable bonds is 7. The van der Waals surface area contributed by atoms with Gasteiger partial charge in [-0.1, -0.05) is 18.2 Å². The number of benzene rings is 1. The molecule has 138 valence electrons. The largest absolute Gasteiger partial charge is 0.489 e. The molecular formula is C20H32N4O. The SMILES string of the molecule is CCNC(=NCC(C)Oc1ccccc1)NC1CCN(C2CC2)CC1. The summed E-state index contributed by atoms with van der Waals surface area (Å²) in [6, 6.07) is 11.4. The summed E-state index contributed by atoms with van der Waals surface area (Å²) in [6.07, 6.45) is 5.27. The van der Waals surface area contributed by atoms with E-state index in [4.69, 9.17) is 9.73 Å². The summed E-state index contributed by atoms with van der Waals surface area (Å²) in [5.74, 6) is 1.81. The van der Waals surface area contributed by atoms with E-state index < -0.39 is 0 Å². The molecule has 25 heavy (non-hydrogen) atoms. The molecule has 1 saturated heterocycles. The number of para-hydroxylation sites is 1. The molecule has 0 radical (unpaired) electrons. The number of nitrogens with one attached hydrogen (secondary N) is 2. The van der Waals surface area contributed by atoms with E-state index in [1.165, 1.54) is 38.8 Å². The van der Waals surface area contributed by atoms with Crippen molar-refractivity contribution < 1.29 is 4.74 Å². The van der Waals surface area contributed by atoms with Crippen LogP contribution in [0, 0.1) is 0 Å². The first-order valence-corrected chi connectivity index (χ1v) is 9.75. The monoisotopic (exact) mass is 344 g/mol. The van der Waals surface area contributed by atoms with Crippen LogP contribution in [0.2, 0.25) is 0 Å². The van der Waals surface area contributed by atoms with Gasteiger partial charge >= 0.3 is 0 Å². The minimum absolute atomic E-state index is 0.0505. The van der Waals surface area contributed by atoms with E-state index in [1.54, 1.807) is 0 Å². The lowest BCUT2D eigenvalue weighted by Crippen LogP contribution is -2.49. The van der Waals surface area contributed by atoms with Crippen LogP contribution >= 0.6 is 0 Å². The molecule has 1 heterocycles. The fraction of sp³-hybridized carbons (Fsp3) is 0.650. The molecule has 1 atom stereocenters. The standard InChI is InChI=1S/C20H32N4O/c1-3-21-20(22-15-16(2)25-19-7-5-4-6-8-19)23-17-11-13-24(14-12-17)18-9-10-18/h4-8,16-18H,3,9-15H2,1-2H3,(H2,21,22,23). The minimum atomic E-state index is 0.0505. The molecule has 1 aromatic carbocycles. The van der Waals surface area contributed by atoms with E-state index in [0.717, 1.165) is 24.3 Å². The summed E-state index contributed by atoms with van der Waals surface area (Å²) < 4.78 is 5.91. The van der Waals surface area contributed by atoms with Gasteiger partial charge in [-0.25, -0.2) is 4.99 Å².